The van der Waals surface area contributed by atoms with Crippen molar-refractivity contribution in [1.82, 2.24) is 15.2 Å². The second-order valence-electron chi connectivity index (χ2n) is 6.54. The molecule has 1 aromatic heterocycles. The second kappa shape index (κ2) is 9.51. The molecule has 1 fully saturated rings. The van der Waals surface area contributed by atoms with Crippen LogP contribution in [0.4, 0.5) is 0 Å². The number of hydrogen-bond acceptors (Lipinski definition) is 5. The van der Waals surface area contributed by atoms with Gasteiger partial charge in [0.15, 0.2) is 0 Å². The molecule has 1 aliphatic rings. The quantitative estimate of drug-likeness (QED) is 0.773. The van der Waals surface area contributed by atoms with Crippen LogP contribution in [0.25, 0.3) is 0 Å². The second-order valence-corrected chi connectivity index (χ2v) is 6.54. The van der Waals surface area contributed by atoms with Crippen LogP contribution in [0, 0.1) is 5.92 Å². The SMILES string of the molecule is OCCN1CCC(CNCc2ccccc2Oc2cccnc2)CC1. The number of β-amino-alcohol motifs (C(OH)–C–C–N with tert-alkyl or cyclic N) is 1. The third-order valence-corrected chi connectivity index (χ3v) is 4.71. The van der Waals surface area contributed by atoms with Crippen molar-refractivity contribution in [2.75, 3.05) is 32.8 Å². The first-order valence-corrected chi connectivity index (χ1v) is 9.05. The highest BCUT2D eigenvalue weighted by atomic mass is 16.5. The summed E-state index contributed by atoms with van der Waals surface area (Å²) >= 11 is 0. The molecule has 0 saturated carbocycles. The molecule has 0 radical (unpaired) electrons. The van der Waals surface area contributed by atoms with Crippen LogP contribution in [0.2, 0.25) is 0 Å². The molecule has 0 spiro atoms. The number of rotatable bonds is 8. The molecule has 25 heavy (non-hydrogen) atoms. The maximum atomic E-state index is 9.01. The summed E-state index contributed by atoms with van der Waals surface area (Å²) in [5.41, 5.74) is 1.16. The number of aliphatic hydroxyl groups excluding tert-OH is 1. The third-order valence-electron chi connectivity index (χ3n) is 4.71. The number of hydrogen-bond donors (Lipinski definition) is 2. The van der Waals surface area contributed by atoms with Crippen LogP contribution in [0.3, 0.4) is 0 Å². The van der Waals surface area contributed by atoms with E-state index in [-0.39, 0.29) is 6.61 Å². The van der Waals surface area contributed by atoms with E-state index in [1.807, 2.05) is 30.3 Å². The van der Waals surface area contributed by atoms with E-state index in [0.29, 0.717) is 5.92 Å². The van der Waals surface area contributed by atoms with Gasteiger partial charge < -0.3 is 20.1 Å². The van der Waals surface area contributed by atoms with Crippen molar-refractivity contribution in [2.24, 2.45) is 5.92 Å². The predicted molar refractivity (Wildman–Crippen MR) is 98.7 cm³/mol. The van der Waals surface area contributed by atoms with Gasteiger partial charge in [-0.1, -0.05) is 18.2 Å². The Hall–Kier alpha value is -1.95. The first kappa shape index (κ1) is 17.9. The van der Waals surface area contributed by atoms with Crippen LogP contribution in [-0.2, 0) is 6.54 Å². The molecule has 2 heterocycles. The fraction of sp³-hybridized carbons (Fsp3) is 0.450. The molecule has 1 aromatic carbocycles. The van der Waals surface area contributed by atoms with Gasteiger partial charge >= 0.3 is 0 Å². The van der Waals surface area contributed by atoms with Gasteiger partial charge in [0.25, 0.3) is 0 Å². The highest BCUT2D eigenvalue weighted by Gasteiger charge is 2.18. The van der Waals surface area contributed by atoms with Crippen molar-refractivity contribution in [3.05, 3.63) is 54.4 Å². The molecule has 0 atom stereocenters. The number of piperidine rings is 1. The summed E-state index contributed by atoms with van der Waals surface area (Å²) in [6.07, 6.45) is 5.86. The van der Waals surface area contributed by atoms with E-state index in [4.69, 9.17) is 9.84 Å². The lowest BCUT2D eigenvalue weighted by Gasteiger charge is -2.31. The van der Waals surface area contributed by atoms with E-state index >= 15 is 0 Å². The van der Waals surface area contributed by atoms with Crippen molar-refractivity contribution in [1.29, 1.82) is 0 Å². The molecule has 2 aromatic rings. The van der Waals surface area contributed by atoms with Gasteiger partial charge in [-0.3, -0.25) is 4.98 Å². The Morgan fingerprint density at radius 2 is 2.00 bits per heavy atom. The van der Waals surface area contributed by atoms with E-state index < -0.39 is 0 Å². The summed E-state index contributed by atoms with van der Waals surface area (Å²) in [5, 5.41) is 12.6. The smallest absolute Gasteiger partial charge is 0.145 e. The molecular weight excluding hydrogens is 314 g/mol. The molecule has 0 amide bonds. The van der Waals surface area contributed by atoms with Crippen LogP contribution in [-0.4, -0.2) is 47.8 Å². The van der Waals surface area contributed by atoms with Crippen molar-refractivity contribution >= 4 is 0 Å². The number of benzene rings is 1. The third kappa shape index (κ3) is 5.53. The summed E-state index contributed by atoms with van der Waals surface area (Å²) in [5.74, 6) is 2.34. The zero-order valence-electron chi connectivity index (χ0n) is 14.6. The van der Waals surface area contributed by atoms with Crippen molar-refractivity contribution in [2.45, 2.75) is 19.4 Å². The summed E-state index contributed by atoms with van der Waals surface area (Å²) in [6, 6.07) is 11.9. The van der Waals surface area contributed by atoms with Crippen LogP contribution >= 0.6 is 0 Å². The first-order chi connectivity index (χ1) is 12.3. The van der Waals surface area contributed by atoms with Gasteiger partial charge in [0.2, 0.25) is 0 Å². The maximum absolute atomic E-state index is 9.01. The minimum absolute atomic E-state index is 0.261. The number of aromatic nitrogens is 1. The van der Waals surface area contributed by atoms with E-state index in [9.17, 15) is 0 Å². The Bertz CT molecular complexity index is 628. The van der Waals surface area contributed by atoms with Crippen molar-refractivity contribution in [3.8, 4) is 11.5 Å². The van der Waals surface area contributed by atoms with E-state index in [1.165, 1.54) is 12.8 Å². The largest absolute Gasteiger partial charge is 0.455 e. The summed E-state index contributed by atoms with van der Waals surface area (Å²) < 4.78 is 5.96. The fourth-order valence-electron chi connectivity index (χ4n) is 3.25. The Labute approximate surface area is 149 Å². The summed E-state index contributed by atoms with van der Waals surface area (Å²) in [4.78, 5) is 6.43. The first-order valence-electron chi connectivity index (χ1n) is 9.05. The Balaban J connectivity index is 1.47. The van der Waals surface area contributed by atoms with Gasteiger partial charge in [-0.2, -0.15) is 0 Å². The Morgan fingerprint density at radius 1 is 1.16 bits per heavy atom. The van der Waals surface area contributed by atoms with Crippen LogP contribution in [0.1, 0.15) is 18.4 Å². The highest BCUT2D eigenvalue weighted by Crippen LogP contribution is 2.24. The van der Waals surface area contributed by atoms with Crippen molar-refractivity contribution in [3.63, 3.8) is 0 Å². The number of aliphatic hydroxyl groups is 1. The summed E-state index contributed by atoms with van der Waals surface area (Å²) in [7, 11) is 0. The lowest BCUT2D eigenvalue weighted by atomic mass is 9.97. The lowest BCUT2D eigenvalue weighted by Crippen LogP contribution is -2.38. The van der Waals surface area contributed by atoms with Gasteiger partial charge in [0.1, 0.15) is 11.5 Å². The number of nitrogens with zero attached hydrogens (tertiary/aromatic N) is 2. The highest BCUT2D eigenvalue weighted by molar-refractivity contribution is 5.36. The fourth-order valence-corrected chi connectivity index (χ4v) is 3.25. The van der Waals surface area contributed by atoms with Gasteiger partial charge in [0.05, 0.1) is 12.8 Å². The van der Waals surface area contributed by atoms with E-state index in [0.717, 1.165) is 49.8 Å². The monoisotopic (exact) mass is 341 g/mol. The normalized spacial score (nSPS) is 16.0. The zero-order chi connectivity index (χ0) is 17.3. The molecule has 0 bridgehead atoms. The minimum atomic E-state index is 0.261. The standard InChI is InChI=1S/C20H27N3O2/c24-13-12-23-10-7-17(8-11-23)14-22-15-18-4-1-2-6-20(18)25-19-5-3-9-21-16-19/h1-6,9,16-17,22,24H,7-8,10-15H2. The van der Waals surface area contributed by atoms with Crippen LogP contribution in [0.15, 0.2) is 48.8 Å². The van der Waals surface area contributed by atoms with Crippen LogP contribution in [0.5, 0.6) is 11.5 Å². The van der Waals surface area contributed by atoms with Crippen molar-refractivity contribution < 1.29 is 9.84 Å². The van der Waals surface area contributed by atoms with E-state index in [1.54, 1.807) is 12.4 Å². The molecule has 3 rings (SSSR count). The Kier molecular flexibility index (Phi) is 6.79. The molecule has 5 heteroatoms. The number of likely N-dealkylation sites (tertiary alicyclic amines) is 1. The molecule has 0 aliphatic carbocycles. The van der Waals surface area contributed by atoms with Gasteiger partial charge in [-0.05, 0) is 56.6 Å². The average Bonchev–Trinajstić information content (AvgIpc) is 2.66. The van der Waals surface area contributed by atoms with Gasteiger partial charge in [-0.15, -0.1) is 0 Å². The van der Waals surface area contributed by atoms with Crippen LogP contribution < -0.4 is 10.1 Å². The van der Waals surface area contributed by atoms with E-state index in [2.05, 4.69) is 21.3 Å². The maximum Gasteiger partial charge on any atom is 0.145 e. The predicted octanol–water partition coefficient (Wildman–Crippen LogP) is 2.67. The molecule has 134 valence electrons. The molecule has 2 N–H and O–H groups in total. The molecule has 0 unspecified atom stereocenters. The molecule has 5 nitrogen and oxygen atoms in total. The average molecular weight is 341 g/mol. The number of para-hydroxylation sites is 1. The molecular formula is C20H27N3O2. The molecule has 1 aliphatic heterocycles. The number of pyridine rings is 1. The topological polar surface area (TPSA) is 57.6 Å². The van der Waals surface area contributed by atoms with Gasteiger partial charge in [0, 0.05) is 24.8 Å². The van der Waals surface area contributed by atoms with Gasteiger partial charge in [-0.25, -0.2) is 0 Å². The Morgan fingerprint density at radius 3 is 2.76 bits per heavy atom. The summed E-state index contributed by atoms with van der Waals surface area (Å²) in [6.45, 7) is 5.07. The number of nitrogens with one attached hydrogen (secondary N) is 1. The minimum Gasteiger partial charge on any atom is -0.455 e. The lowest BCUT2D eigenvalue weighted by molar-refractivity contribution is 0.146. The number of ether oxygens (including phenoxy) is 1. The molecule has 1 saturated heterocycles. The zero-order valence-corrected chi connectivity index (χ0v) is 14.6.